The Kier molecular flexibility index (Phi) is 9.32. The van der Waals surface area contributed by atoms with Crippen molar-refractivity contribution in [2.24, 2.45) is 4.99 Å². The van der Waals surface area contributed by atoms with Crippen molar-refractivity contribution in [3.8, 4) is 5.75 Å². The smallest absolute Gasteiger partial charge is 0.191 e. The number of nitrogens with zero attached hydrogens (tertiary/aromatic N) is 1. The molecule has 1 fully saturated rings. The lowest BCUT2D eigenvalue weighted by molar-refractivity contribution is 0.120. The van der Waals surface area contributed by atoms with Crippen LogP contribution in [-0.2, 0) is 6.42 Å². The van der Waals surface area contributed by atoms with Gasteiger partial charge in [0, 0.05) is 19.1 Å². The van der Waals surface area contributed by atoms with Crippen molar-refractivity contribution < 1.29 is 9.84 Å². The number of aliphatic hydroxyl groups excluding tert-OH is 1. The number of rotatable bonds is 9. The summed E-state index contributed by atoms with van der Waals surface area (Å²) in [6.07, 6.45) is 6.80. The minimum absolute atomic E-state index is 0.124. The van der Waals surface area contributed by atoms with Gasteiger partial charge < -0.3 is 20.5 Å². The Bertz CT molecular complexity index is 523. The third-order valence-electron chi connectivity index (χ3n) is 4.74. The SMILES string of the molecule is CCCCOc1ccc(CCN=C(NCC)NC2CCC(O)CC2)cc1. The zero-order valence-corrected chi connectivity index (χ0v) is 16.3. The monoisotopic (exact) mass is 361 g/mol. The van der Waals surface area contributed by atoms with Gasteiger partial charge in [-0.1, -0.05) is 25.5 Å². The van der Waals surface area contributed by atoms with E-state index in [9.17, 15) is 5.11 Å². The van der Waals surface area contributed by atoms with Crippen molar-refractivity contribution in [2.75, 3.05) is 19.7 Å². The van der Waals surface area contributed by atoms with Crippen molar-refractivity contribution in [2.45, 2.75) is 70.9 Å². The van der Waals surface area contributed by atoms with Gasteiger partial charge in [-0.2, -0.15) is 0 Å². The molecule has 0 unspecified atom stereocenters. The molecule has 1 saturated carbocycles. The number of nitrogens with one attached hydrogen (secondary N) is 2. The molecule has 1 aromatic carbocycles. The zero-order chi connectivity index (χ0) is 18.6. The number of hydrogen-bond donors (Lipinski definition) is 3. The number of benzene rings is 1. The predicted molar refractivity (Wildman–Crippen MR) is 108 cm³/mol. The molecule has 0 bridgehead atoms. The predicted octanol–water partition coefficient (Wildman–Crippen LogP) is 3.27. The number of ether oxygens (including phenoxy) is 1. The van der Waals surface area contributed by atoms with Crippen molar-refractivity contribution >= 4 is 5.96 Å². The highest BCUT2D eigenvalue weighted by molar-refractivity contribution is 5.80. The van der Waals surface area contributed by atoms with Gasteiger partial charge >= 0.3 is 0 Å². The van der Waals surface area contributed by atoms with Crippen LogP contribution in [0.4, 0.5) is 0 Å². The number of unbranched alkanes of at least 4 members (excludes halogenated alkanes) is 1. The third-order valence-corrected chi connectivity index (χ3v) is 4.74. The molecular formula is C21H35N3O2. The van der Waals surface area contributed by atoms with E-state index < -0.39 is 0 Å². The van der Waals surface area contributed by atoms with Crippen LogP contribution in [0.5, 0.6) is 5.75 Å². The summed E-state index contributed by atoms with van der Waals surface area (Å²) >= 11 is 0. The zero-order valence-electron chi connectivity index (χ0n) is 16.3. The summed E-state index contributed by atoms with van der Waals surface area (Å²) in [5.74, 6) is 1.83. The van der Waals surface area contributed by atoms with Crippen LogP contribution in [-0.4, -0.2) is 42.9 Å². The lowest BCUT2D eigenvalue weighted by atomic mass is 9.93. The molecule has 1 aliphatic rings. The maximum absolute atomic E-state index is 9.63. The lowest BCUT2D eigenvalue weighted by Crippen LogP contribution is -2.45. The maximum Gasteiger partial charge on any atom is 0.191 e. The van der Waals surface area contributed by atoms with E-state index in [1.807, 2.05) is 12.1 Å². The first-order valence-electron chi connectivity index (χ1n) is 10.2. The van der Waals surface area contributed by atoms with Crippen LogP contribution in [0.2, 0.25) is 0 Å². The van der Waals surface area contributed by atoms with Crippen LogP contribution in [0.25, 0.3) is 0 Å². The van der Waals surface area contributed by atoms with Crippen LogP contribution in [0.1, 0.15) is 57.9 Å². The Labute approximate surface area is 158 Å². The first-order valence-corrected chi connectivity index (χ1v) is 10.2. The fraction of sp³-hybridized carbons (Fsp3) is 0.667. The van der Waals surface area contributed by atoms with Gasteiger partial charge in [-0.15, -0.1) is 0 Å². The first-order chi connectivity index (χ1) is 12.7. The molecule has 0 aromatic heterocycles. The molecule has 26 heavy (non-hydrogen) atoms. The van der Waals surface area contributed by atoms with Crippen molar-refractivity contribution in [3.05, 3.63) is 29.8 Å². The molecule has 0 heterocycles. The van der Waals surface area contributed by atoms with E-state index in [-0.39, 0.29) is 6.10 Å². The molecule has 0 atom stereocenters. The van der Waals surface area contributed by atoms with E-state index in [4.69, 9.17) is 9.73 Å². The fourth-order valence-electron chi connectivity index (χ4n) is 3.12. The second-order valence-corrected chi connectivity index (χ2v) is 7.01. The molecule has 146 valence electrons. The minimum atomic E-state index is -0.124. The average molecular weight is 362 g/mol. The summed E-state index contributed by atoms with van der Waals surface area (Å²) in [7, 11) is 0. The Morgan fingerprint density at radius 1 is 1.15 bits per heavy atom. The van der Waals surface area contributed by atoms with Gasteiger partial charge in [-0.3, -0.25) is 4.99 Å². The highest BCUT2D eigenvalue weighted by Gasteiger charge is 2.19. The normalized spacial score (nSPS) is 20.7. The summed E-state index contributed by atoms with van der Waals surface area (Å²) in [4.78, 5) is 4.71. The van der Waals surface area contributed by atoms with Crippen molar-refractivity contribution in [1.29, 1.82) is 0 Å². The van der Waals surface area contributed by atoms with Crippen LogP contribution >= 0.6 is 0 Å². The summed E-state index contributed by atoms with van der Waals surface area (Å²) in [5, 5.41) is 16.5. The number of guanidine groups is 1. The second kappa shape index (κ2) is 11.8. The molecule has 5 nitrogen and oxygen atoms in total. The van der Waals surface area contributed by atoms with Gasteiger partial charge in [0.25, 0.3) is 0 Å². The van der Waals surface area contributed by atoms with Crippen LogP contribution < -0.4 is 15.4 Å². The Hall–Kier alpha value is -1.75. The minimum Gasteiger partial charge on any atom is -0.494 e. The molecule has 1 aliphatic carbocycles. The van der Waals surface area contributed by atoms with E-state index in [0.717, 1.165) is 76.4 Å². The van der Waals surface area contributed by atoms with Gasteiger partial charge in [-0.05, 0) is 63.1 Å². The molecule has 0 aliphatic heterocycles. The summed E-state index contributed by atoms with van der Waals surface area (Å²) < 4.78 is 5.70. The van der Waals surface area contributed by atoms with Gasteiger partial charge in [0.1, 0.15) is 5.75 Å². The standard InChI is InChI=1S/C21H35N3O2/c1-3-5-16-26-20-12-6-17(7-13-20)14-15-23-21(22-4-2)24-18-8-10-19(25)11-9-18/h6-7,12-13,18-19,25H,3-5,8-11,14-16H2,1-2H3,(H2,22,23,24). The number of aliphatic imine (C=N–C) groups is 1. The Balaban J connectivity index is 1.77. The van der Waals surface area contributed by atoms with E-state index in [0.29, 0.717) is 6.04 Å². The molecule has 0 spiro atoms. The molecule has 5 heteroatoms. The summed E-state index contributed by atoms with van der Waals surface area (Å²) in [5.41, 5.74) is 1.27. The molecule has 2 rings (SSSR count). The fourth-order valence-corrected chi connectivity index (χ4v) is 3.12. The molecule has 1 aromatic rings. The molecule has 0 amide bonds. The highest BCUT2D eigenvalue weighted by Crippen LogP contribution is 2.18. The van der Waals surface area contributed by atoms with Crippen LogP contribution in [0.3, 0.4) is 0 Å². The van der Waals surface area contributed by atoms with Gasteiger partial charge in [0.15, 0.2) is 5.96 Å². The lowest BCUT2D eigenvalue weighted by Gasteiger charge is -2.27. The molecule has 3 N–H and O–H groups in total. The third kappa shape index (κ3) is 7.65. The quantitative estimate of drug-likeness (QED) is 0.359. The average Bonchev–Trinajstić information content (AvgIpc) is 2.65. The largest absolute Gasteiger partial charge is 0.494 e. The second-order valence-electron chi connectivity index (χ2n) is 7.01. The summed E-state index contributed by atoms with van der Waals surface area (Å²) in [6, 6.07) is 8.76. The number of hydrogen-bond acceptors (Lipinski definition) is 3. The van der Waals surface area contributed by atoms with Crippen LogP contribution in [0, 0.1) is 0 Å². The topological polar surface area (TPSA) is 65.9 Å². The van der Waals surface area contributed by atoms with Crippen molar-refractivity contribution in [1.82, 2.24) is 10.6 Å². The molecular weight excluding hydrogens is 326 g/mol. The Morgan fingerprint density at radius 2 is 1.88 bits per heavy atom. The van der Waals surface area contributed by atoms with Gasteiger partial charge in [0.05, 0.1) is 12.7 Å². The van der Waals surface area contributed by atoms with Crippen molar-refractivity contribution in [3.63, 3.8) is 0 Å². The van der Waals surface area contributed by atoms with E-state index in [1.54, 1.807) is 0 Å². The van der Waals surface area contributed by atoms with Crippen LogP contribution in [0.15, 0.2) is 29.3 Å². The molecule has 0 radical (unpaired) electrons. The van der Waals surface area contributed by atoms with E-state index >= 15 is 0 Å². The molecule has 0 saturated heterocycles. The summed E-state index contributed by atoms with van der Waals surface area (Å²) in [6.45, 7) is 6.64. The van der Waals surface area contributed by atoms with Gasteiger partial charge in [0.2, 0.25) is 0 Å². The van der Waals surface area contributed by atoms with E-state index in [1.165, 1.54) is 5.56 Å². The Morgan fingerprint density at radius 3 is 2.54 bits per heavy atom. The number of aliphatic hydroxyl groups is 1. The first kappa shape index (κ1) is 20.6. The van der Waals surface area contributed by atoms with E-state index in [2.05, 4.69) is 36.6 Å². The maximum atomic E-state index is 9.63. The highest BCUT2D eigenvalue weighted by atomic mass is 16.5. The van der Waals surface area contributed by atoms with Gasteiger partial charge in [-0.25, -0.2) is 0 Å².